The third-order valence-electron chi connectivity index (χ3n) is 5.81. The molecule has 1 aromatic heterocycles. The highest BCUT2D eigenvalue weighted by atomic mass is 16.3. The summed E-state index contributed by atoms with van der Waals surface area (Å²) in [7, 11) is 4.09. The number of amides is 1. The average molecular weight is 443 g/mol. The van der Waals surface area contributed by atoms with Gasteiger partial charge in [-0.05, 0) is 79.2 Å². The first-order valence-corrected chi connectivity index (χ1v) is 11.1. The number of rotatable bonds is 8. The second kappa shape index (κ2) is 9.90. The second-order valence-corrected chi connectivity index (χ2v) is 8.53. The van der Waals surface area contributed by atoms with Crippen molar-refractivity contribution in [3.8, 4) is 5.75 Å². The fraction of sp³-hybridized carbons (Fsp3) is 0.222. The van der Waals surface area contributed by atoms with E-state index in [4.69, 9.17) is 5.73 Å². The molecule has 0 spiro atoms. The fourth-order valence-corrected chi connectivity index (χ4v) is 4.13. The van der Waals surface area contributed by atoms with Crippen molar-refractivity contribution in [3.05, 3.63) is 95.2 Å². The van der Waals surface area contributed by atoms with Crippen LogP contribution in [0.2, 0.25) is 0 Å². The highest BCUT2D eigenvalue weighted by Gasteiger charge is 2.13. The number of nitrogens with zero attached hydrogens (tertiary/aromatic N) is 2. The lowest BCUT2D eigenvalue weighted by Gasteiger charge is -2.16. The van der Waals surface area contributed by atoms with Crippen LogP contribution in [0.4, 0.5) is 5.69 Å². The third-order valence-corrected chi connectivity index (χ3v) is 5.81. The highest BCUT2D eigenvalue weighted by molar-refractivity contribution is 6.06. The number of nitrogens with one attached hydrogen (secondary N) is 1. The summed E-state index contributed by atoms with van der Waals surface area (Å²) in [6.45, 7) is 2.11. The molecule has 0 saturated carbocycles. The highest BCUT2D eigenvalue weighted by Crippen LogP contribution is 2.24. The van der Waals surface area contributed by atoms with Crippen molar-refractivity contribution in [2.24, 2.45) is 12.8 Å². The molecule has 4 rings (SSSR count). The maximum absolute atomic E-state index is 12.9. The van der Waals surface area contributed by atoms with Crippen LogP contribution >= 0.6 is 0 Å². The lowest BCUT2D eigenvalue weighted by Crippen LogP contribution is -2.17. The molecule has 0 bridgehead atoms. The van der Waals surface area contributed by atoms with Crippen LogP contribution in [0.25, 0.3) is 10.9 Å². The summed E-state index contributed by atoms with van der Waals surface area (Å²) >= 11 is 0. The molecule has 0 aliphatic heterocycles. The van der Waals surface area contributed by atoms with Crippen LogP contribution in [-0.2, 0) is 26.6 Å². The molecule has 3 aromatic carbocycles. The number of hydrogen-bond acceptors (Lipinski definition) is 4. The number of aromatic nitrogens is 1. The molecule has 6 nitrogen and oxygen atoms in total. The first-order chi connectivity index (χ1) is 15.9. The van der Waals surface area contributed by atoms with Gasteiger partial charge in [-0.1, -0.05) is 24.3 Å². The van der Waals surface area contributed by atoms with Crippen molar-refractivity contribution in [1.82, 2.24) is 9.47 Å². The molecule has 0 fully saturated rings. The summed E-state index contributed by atoms with van der Waals surface area (Å²) in [5.41, 5.74) is 11.5. The number of carbonyl (C=O) groups excluding carboxylic acids is 1. The summed E-state index contributed by atoms with van der Waals surface area (Å²) in [6, 6.07) is 20.9. The number of phenols is 1. The minimum atomic E-state index is -0.129. The number of anilines is 1. The van der Waals surface area contributed by atoms with Crippen molar-refractivity contribution in [2.75, 3.05) is 18.9 Å². The van der Waals surface area contributed by atoms with E-state index in [0.717, 1.165) is 52.8 Å². The van der Waals surface area contributed by atoms with Gasteiger partial charge in [0.2, 0.25) is 0 Å². The van der Waals surface area contributed by atoms with Crippen LogP contribution in [0.1, 0.15) is 27.0 Å². The van der Waals surface area contributed by atoms with E-state index >= 15 is 0 Å². The Morgan fingerprint density at radius 3 is 2.39 bits per heavy atom. The Kier molecular flexibility index (Phi) is 6.77. The number of benzene rings is 3. The van der Waals surface area contributed by atoms with Crippen LogP contribution in [-0.4, -0.2) is 34.1 Å². The monoisotopic (exact) mass is 442 g/mol. The summed E-state index contributed by atoms with van der Waals surface area (Å²) in [4.78, 5) is 15.1. The predicted octanol–water partition coefficient (Wildman–Crippen LogP) is 4.27. The minimum absolute atomic E-state index is 0.129. The second-order valence-electron chi connectivity index (χ2n) is 8.53. The Morgan fingerprint density at radius 2 is 1.70 bits per heavy atom. The van der Waals surface area contributed by atoms with Crippen LogP contribution in [0.15, 0.2) is 72.9 Å². The van der Waals surface area contributed by atoms with Gasteiger partial charge in [0.1, 0.15) is 5.75 Å². The first-order valence-electron chi connectivity index (χ1n) is 11.1. The molecule has 0 atom stereocenters. The molecule has 4 N–H and O–H groups in total. The SMILES string of the molecule is CN(Cc1ccc(O)cc1)Cc1cn(C)c2ccc(C(=O)Nc3ccc(CCN)cc3)cc12. The van der Waals surface area contributed by atoms with Crippen LogP contribution in [0.3, 0.4) is 0 Å². The Balaban J connectivity index is 1.50. The maximum atomic E-state index is 12.9. The zero-order valence-corrected chi connectivity index (χ0v) is 19.1. The predicted molar refractivity (Wildman–Crippen MR) is 133 cm³/mol. The van der Waals surface area contributed by atoms with E-state index in [1.807, 2.05) is 61.6 Å². The van der Waals surface area contributed by atoms with E-state index < -0.39 is 0 Å². The van der Waals surface area contributed by atoms with E-state index in [2.05, 4.69) is 28.0 Å². The van der Waals surface area contributed by atoms with Crippen LogP contribution in [0, 0.1) is 0 Å². The van der Waals surface area contributed by atoms with Crippen LogP contribution < -0.4 is 11.1 Å². The van der Waals surface area contributed by atoms with Gasteiger partial charge < -0.3 is 20.7 Å². The molecule has 1 heterocycles. The Morgan fingerprint density at radius 1 is 1.00 bits per heavy atom. The van der Waals surface area contributed by atoms with Crippen molar-refractivity contribution >= 4 is 22.5 Å². The third kappa shape index (κ3) is 5.42. The molecule has 0 saturated heterocycles. The quantitative estimate of drug-likeness (QED) is 0.381. The molecular formula is C27H30N4O2. The van der Waals surface area contributed by atoms with E-state index in [1.165, 1.54) is 0 Å². The molecule has 6 heteroatoms. The van der Waals surface area contributed by atoms with Gasteiger partial charge in [-0.3, -0.25) is 9.69 Å². The normalized spacial score (nSPS) is 11.3. The molecule has 1 amide bonds. The maximum Gasteiger partial charge on any atom is 0.255 e. The van der Waals surface area contributed by atoms with Gasteiger partial charge in [0.15, 0.2) is 0 Å². The zero-order chi connectivity index (χ0) is 23.4. The number of aromatic hydroxyl groups is 1. The van der Waals surface area contributed by atoms with Crippen molar-refractivity contribution in [1.29, 1.82) is 0 Å². The van der Waals surface area contributed by atoms with Gasteiger partial charge in [-0.25, -0.2) is 0 Å². The fourth-order valence-electron chi connectivity index (χ4n) is 4.13. The number of nitrogens with two attached hydrogens (primary N) is 1. The summed E-state index contributed by atoms with van der Waals surface area (Å²) < 4.78 is 2.09. The van der Waals surface area contributed by atoms with Gasteiger partial charge in [0.25, 0.3) is 5.91 Å². The van der Waals surface area contributed by atoms with Crippen molar-refractivity contribution in [3.63, 3.8) is 0 Å². The van der Waals surface area contributed by atoms with Gasteiger partial charge >= 0.3 is 0 Å². The molecular weight excluding hydrogens is 412 g/mol. The lowest BCUT2D eigenvalue weighted by atomic mass is 10.1. The van der Waals surface area contributed by atoms with E-state index in [1.54, 1.807) is 12.1 Å². The molecule has 33 heavy (non-hydrogen) atoms. The summed E-state index contributed by atoms with van der Waals surface area (Å²) in [5, 5.41) is 13.6. The Labute approximate surface area is 194 Å². The smallest absolute Gasteiger partial charge is 0.255 e. The molecule has 4 aromatic rings. The standard InChI is InChI=1S/C27H30N4O2/c1-30(16-20-5-10-24(32)11-6-20)17-22-18-31(2)26-12-7-21(15-25(22)26)27(33)29-23-8-3-19(4-9-23)13-14-28/h3-12,15,18,32H,13-14,16-17,28H2,1-2H3,(H,29,33). The molecule has 0 aliphatic carbocycles. The average Bonchev–Trinajstić information content (AvgIpc) is 3.11. The Bertz CT molecular complexity index is 1240. The topological polar surface area (TPSA) is 83.5 Å². The molecule has 0 unspecified atom stereocenters. The van der Waals surface area contributed by atoms with Gasteiger partial charge in [-0.15, -0.1) is 0 Å². The zero-order valence-electron chi connectivity index (χ0n) is 19.1. The summed E-state index contributed by atoms with van der Waals surface area (Å²) in [5.74, 6) is 0.142. The minimum Gasteiger partial charge on any atom is -0.508 e. The van der Waals surface area contributed by atoms with Gasteiger partial charge in [0, 0.05) is 48.5 Å². The van der Waals surface area contributed by atoms with Crippen molar-refractivity contribution in [2.45, 2.75) is 19.5 Å². The lowest BCUT2D eigenvalue weighted by molar-refractivity contribution is 0.102. The number of hydrogen-bond donors (Lipinski definition) is 3. The molecule has 0 radical (unpaired) electrons. The first kappa shape index (κ1) is 22.6. The van der Waals surface area contributed by atoms with Crippen LogP contribution in [0.5, 0.6) is 5.75 Å². The van der Waals surface area contributed by atoms with E-state index in [9.17, 15) is 9.90 Å². The van der Waals surface area contributed by atoms with Gasteiger partial charge in [-0.2, -0.15) is 0 Å². The van der Waals surface area contributed by atoms with E-state index in [0.29, 0.717) is 12.1 Å². The van der Waals surface area contributed by atoms with Gasteiger partial charge in [0.05, 0.1) is 0 Å². The molecule has 0 aliphatic rings. The largest absolute Gasteiger partial charge is 0.508 e. The summed E-state index contributed by atoms with van der Waals surface area (Å²) in [6.07, 6.45) is 2.94. The number of phenolic OH excluding ortho intramolecular Hbond substituents is 1. The number of carbonyl (C=O) groups is 1. The Hall–Kier alpha value is -3.61. The molecule has 170 valence electrons. The van der Waals surface area contributed by atoms with E-state index in [-0.39, 0.29) is 11.7 Å². The number of aryl methyl sites for hydroxylation is 1. The van der Waals surface area contributed by atoms with Crippen molar-refractivity contribution < 1.29 is 9.90 Å². The number of fused-ring (bicyclic) bond motifs is 1.